The van der Waals surface area contributed by atoms with E-state index in [1.165, 1.54) is 12.3 Å². The maximum Gasteiger partial charge on any atom is 0.238 e. The summed E-state index contributed by atoms with van der Waals surface area (Å²) in [6, 6.07) is 1.48. The standard InChI is InChI=1S/C13H21NO5S2/c1-9-8-12(21(14,17)18)10(2)11(3)13(9)19-6-5-7-20(4,15)16/h8H,5-7H2,1-4H3,(H2,14,17,18). The van der Waals surface area contributed by atoms with Gasteiger partial charge >= 0.3 is 0 Å². The average Bonchev–Trinajstić information content (AvgIpc) is 2.30. The predicted octanol–water partition coefficient (Wildman–Crippen LogP) is 1.07. The summed E-state index contributed by atoms with van der Waals surface area (Å²) in [5, 5.41) is 5.18. The topological polar surface area (TPSA) is 104 Å². The average molecular weight is 335 g/mol. The van der Waals surface area contributed by atoms with Gasteiger partial charge in [0, 0.05) is 6.26 Å². The predicted molar refractivity (Wildman–Crippen MR) is 81.8 cm³/mol. The SMILES string of the molecule is Cc1cc(S(N)(=O)=O)c(C)c(C)c1OCCCS(C)(=O)=O. The normalized spacial score (nSPS) is 12.4. The molecule has 120 valence electrons. The Morgan fingerprint density at radius 3 is 2.14 bits per heavy atom. The van der Waals surface area contributed by atoms with Crippen LogP contribution in [0.5, 0.6) is 5.75 Å². The maximum absolute atomic E-state index is 11.5. The van der Waals surface area contributed by atoms with Crippen LogP contribution in [0.3, 0.4) is 0 Å². The minimum absolute atomic E-state index is 0.0549. The number of rotatable bonds is 6. The molecule has 0 aliphatic heterocycles. The number of sulfonamides is 1. The van der Waals surface area contributed by atoms with Crippen molar-refractivity contribution in [1.82, 2.24) is 0 Å². The molecular weight excluding hydrogens is 314 g/mol. The molecule has 0 radical (unpaired) electrons. The van der Waals surface area contributed by atoms with Gasteiger partial charge in [0.15, 0.2) is 0 Å². The van der Waals surface area contributed by atoms with Crippen molar-refractivity contribution < 1.29 is 21.6 Å². The quantitative estimate of drug-likeness (QED) is 0.783. The van der Waals surface area contributed by atoms with Gasteiger partial charge in [-0.05, 0) is 49.9 Å². The number of benzene rings is 1. The third-order valence-electron chi connectivity index (χ3n) is 3.19. The molecule has 6 nitrogen and oxygen atoms in total. The zero-order valence-corrected chi connectivity index (χ0v) is 14.3. The van der Waals surface area contributed by atoms with Gasteiger partial charge in [-0.2, -0.15) is 0 Å². The number of sulfone groups is 1. The van der Waals surface area contributed by atoms with Crippen molar-refractivity contribution in [2.45, 2.75) is 32.1 Å². The highest BCUT2D eigenvalue weighted by Gasteiger charge is 2.18. The van der Waals surface area contributed by atoms with Crippen molar-refractivity contribution in [2.75, 3.05) is 18.6 Å². The Kier molecular flexibility index (Phi) is 5.40. The lowest BCUT2D eigenvalue weighted by Gasteiger charge is -2.16. The van der Waals surface area contributed by atoms with Gasteiger partial charge in [0.25, 0.3) is 0 Å². The molecule has 0 amide bonds. The van der Waals surface area contributed by atoms with Crippen molar-refractivity contribution in [3.8, 4) is 5.75 Å². The first-order chi connectivity index (χ1) is 9.43. The first kappa shape index (κ1) is 17.9. The lowest BCUT2D eigenvalue weighted by atomic mass is 10.1. The molecule has 0 spiro atoms. The van der Waals surface area contributed by atoms with Crippen LogP contribution in [0.15, 0.2) is 11.0 Å². The molecule has 0 atom stereocenters. The Morgan fingerprint density at radius 2 is 1.67 bits per heavy atom. The summed E-state index contributed by atoms with van der Waals surface area (Å²) in [6.45, 7) is 5.40. The number of nitrogens with two attached hydrogens (primary N) is 1. The minimum atomic E-state index is -3.77. The van der Waals surface area contributed by atoms with Crippen LogP contribution < -0.4 is 9.88 Å². The Bertz CT molecular complexity index is 736. The van der Waals surface area contributed by atoms with E-state index in [2.05, 4.69) is 0 Å². The highest BCUT2D eigenvalue weighted by atomic mass is 32.2. The van der Waals surface area contributed by atoms with E-state index in [1.807, 2.05) is 0 Å². The molecule has 0 saturated heterocycles. The number of ether oxygens (including phenoxy) is 1. The molecule has 0 aromatic heterocycles. The first-order valence-corrected chi connectivity index (χ1v) is 9.98. The summed E-state index contributed by atoms with van der Waals surface area (Å²) in [6.07, 6.45) is 1.56. The van der Waals surface area contributed by atoms with Crippen LogP contribution >= 0.6 is 0 Å². The Morgan fingerprint density at radius 1 is 1.10 bits per heavy atom. The van der Waals surface area contributed by atoms with Gasteiger partial charge in [0.1, 0.15) is 15.6 Å². The number of primary sulfonamides is 1. The van der Waals surface area contributed by atoms with E-state index in [0.717, 1.165) is 0 Å². The largest absolute Gasteiger partial charge is 0.493 e. The van der Waals surface area contributed by atoms with Crippen molar-refractivity contribution in [3.63, 3.8) is 0 Å². The lowest BCUT2D eigenvalue weighted by Crippen LogP contribution is -2.15. The first-order valence-electron chi connectivity index (χ1n) is 6.37. The van der Waals surface area contributed by atoms with Gasteiger partial charge in [0.05, 0.1) is 17.3 Å². The molecule has 21 heavy (non-hydrogen) atoms. The van der Waals surface area contributed by atoms with Crippen LogP contribution in [0.1, 0.15) is 23.1 Å². The molecule has 1 rings (SSSR count). The third kappa shape index (κ3) is 4.98. The lowest BCUT2D eigenvalue weighted by molar-refractivity contribution is 0.313. The molecule has 0 bridgehead atoms. The summed E-state index contributed by atoms with van der Waals surface area (Å²) < 4.78 is 50.7. The van der Waals surface area contributed by atoms with Gasteiger partial charge in [-0.1, -0.05) is 0 Å². The molecule has 0 fully saturated rings. The Balaban J connectivity index is 2.98. The van der Waals surface area contributed by atoms with E-state index < -0.39 is 19.9 Å². The molecule has 0 unspecified atom stereocenters. The molecule has 2 N–H and O–H groups in total. The van der Waals surface area contributed by atoms with Crippen LogP contribution in [0.2, 0.25) is 0 Å². The second-order valence-electron chi connectivity index (χ2n) is 5.15. The summed E-state index contributed by atoms with van der Waals surface area (Å²) in [7, 11) is -6.78. The smallest absolute Gasteiger partial charge is 0.238 e. The fraction of sp³-hybridized carbons (Fsp3) is 0.538. The van der Waals surface area contributed by atoms with Gasteiger partial charge in [-0.3, -0.25) is 0 Å². The van der Waals surface area contributed by atoms with Gasteiger partial charge in [0.2, 0.25) is 10.0 Å². The van der Waals surface area contributed by atoms with Crippen LogP contribution in [-0.4, -0.2) is 35.5 Å². The zero-order chi connectivity index (χ0) is 16.4. The van der Waals surface area contributed by atoms with Gasteiger partial charge in [-0.15, -0.1) is 0 Å². The molecular formula is C13H21NO5S2. The summed E-state index contributed by atoms with van der Waals surface area (Å²) in [5.41, 5.74) is 1.89. The number of hydrogen-bond acceptors (Lipinski definition) is 5. The highest BCUT2D eigenvalue weighted by Crippen LogP contribution is 2.30. The van der Waals surface area contributed by atoms with Crippen LogP contribution in [0, 0.1) is 20.8 Å². The third-order valence-corrected chi connectivity index (χ3v) is 5.26. The summed E-state index contributed by atoms with van der Waals surface area (Å²) in [4.78, 5) is 0.0842. The van der Waals surface area contributed by atoms with Crippen LogP contribution in [-0.2, 0) is 19.9 Å². The Hall–Kier alpha value is -1.12. The van der Waals surface area contributed by atoms with E-state index >= 15 is 0 Å². The maximum atomic E-state index is 11.5. The van der Waals surface area contributed by atoms with E-state index in [-0.39, 0.29) is 17.3 Å². The molecule has 8 heteroatoms. The van der Waals surface area contributed by atoms with E-state index in [4.69, 9.17) is 9.88 Å². The van der Waals surface area contributed by atoms with Crippen molar-refractivity contribution in [2.24, 2.45) is 5.14 Å². The molecule has 0 saturated carbocycles. The molecule has 0 heterocycles. The molecule has 0 aliphatic carbocycles. The van der Waals surface area contributed by atoms with Crippen molar-refractivity contribution in [3.05, 3.63) is 22.8 Å². The van der Waals surface area contributed by atoms with Crippen molar-refractivity contribution >= 4 is 19.9 Å². The van der Waals surface area contributed by atoms with Crippen molar-refractivity contribution in [1.29, 1.82) is 0 Å². The van der Waals surface area contributed by atoms with Gasteiger partial charge < -0.3 is 4.74 Å². The molecule has 1 aromatic carbocycles. The zero-order valence-electron chi connectivity index (χ0n) is 12.6. The van der Waals surface area contributed by atoms with E-state index in [0.29, 0.717) is 28.9 Å². The van der Waals surface area contributed by atoms with E-state index in [1.54, 1.807) is 20.8 Å². The summed E-state index contributed by atoms with van der Waals surface area (Å²) >= 11 is 0. The van der Waals surface area contributed by atoms with E-state index in [9.17, 15) is 16.8 Å². The number of hydrogen-bond donors (Lipinski definition) is 1. The Labute approximate surface area is 126 Å². The minimum Gasteiger partial charge on any atom is -0.493 e. The highest BCUT2D eigenvalue weighted by molar-refractivity contribution is 7.90. The second-order valence-corrected chi connectivity index (χ2v) is 8.94. The second kappa shape index (κ2) is 6.33. The monoisotopic (exact) mass is 335 g/mol. The van der Waals surface area contributed by atoms with Crippen LogP contribution in [0.4, 0.5) is 0 Å². The summed E-state index contributed by atoms with van der Waals surface area (Å²) in [5.74, 6) is 0.632. The fourth-order valence-electron chi connectivity index (χ4n) is 2.03. The number of aryl methyl sites for hydroxylation is 1. The molecule has 0 aliphatic rings. The fourth-order valence-corrected chi connectivity index (χ4v) is 3.60. The van der Waals surface area contributed by atoms with Crippen LogP contribution in [0.25, 0.3) is 0 Å². The van der Waals surface area contributed by atoms with Gasteiger partial charge in [-0.25, -0.2) is 22.0 Å². The molecule has 1 aromatic rings.